The minimum atomic E-state index is -3.64. The molecular weight excluding hydrogens is 330 g/mol. The fourth-order valence-electron chi connectivity index (χ4n) is 0.770. The standard InChI is InChI=1S/C8H16BrN3O3S2/c1-10-7(9)6-16-8(15-4)5-12(3)17(13,14)11-2/h6,8,10H,2,5H2,1,3-4H3/b7-6-. The largest absolute Gasteiger partial charge is 0.382 e. The molecule has 0 heterocycles. The molecule has 1 unspecified atom stereocenters. The first kappa shape index (κ1) is 16.9. The van der Waals surface area contributed by atoms with Crippen LogP contribution >= 0.6 is 27.7 Å². The number of hydrogen-bond donors (Lipinski definition) is 1. The van der Waals surface area contributed by atoms with Crippen LogP contribution in [0, 0.1) is 0 Å². The third-order valence-electron chi connectivity index (χ3n) is 1.79. The van der Waals surface area contributed by atoms with Crippen molar-refractivity contribution in [2.45, 2.75) is 5.44 Å². The zero-order valence-corrected chi connectivity index (χ0v) is 13.1. The smallest absolute Gasteiger partial charge is 0.321 e. The van der Waals surface area contributed by atoms with E-state index < -0.39 is 10.2 Å². The molecule has 0 aromatic heterocycles. The Morgan fingerprint density at radius 2 is 2.35 bits per heavy atom. The predicted octanol–water partition coefficient (Wildman–Crippen LogP) is 0.983. The van der Waals surface area contributed by atoms with Gasteiger partial charge in [0, 0.05) is 33.3 Å². The third kappa shape index (κ3) is 6.41. The highest BCUT2D eigenvalue weighted by atomic mass is 79.9. The van der Waals surface area contributed by atoms with E-state index in [9.17, 15) is 8.42 Å². The highest BCUT2D eigenvalue weighted by molar-refractivity contribution is 9.11. The number of nitrogens with zero attached hydrogens (tertiary/aromatic N) is 2. The van der Waals surface area contributed by atoms with Crippen LogP contribution in [0.4, 0.5) is 0 Å². The van der Waals surface area contributed by atoms with Crippen molar-refractivity contribution in [1.82, 2.24) is 9.62 Å². The summed E-state index contributed by atoms with van der Waals surface area (Å²) in [5, 5.41) is 4.67. The Morgan fingerprint density at radius 1 is 1.76 bits per heavy atom. The van der Waals surface area contributed by atoms with Crippen molar-refractivity contribution in [3.05, 3.63) is 10.0 Å². The van der Waals surface area contributed by atoms with E-state index in [2.05, 4.69) is 32.4 Å². The topological polar surface area (TPSA) is 71.0 Å². The quantitative estimate of drug-likeness (QED) is 0.403. The van der Waals surface area contributed by atoms with E-state index in [-0.39, 0.29) is 12.0 Å². The van der Waals surface area contributed by atoms with Crippen molar-refractivity contribution in [2.24, 2.45) is 4.40 Å². The molecule has 1 atom stereocenters. The second-order valence-corrected chi connectivity index (χ2v) is 6.57. The van der Waals surface area contributed by atoms with Gasteiger partial charge in [0.05, 0.1) is 11.2 Å². The molecular formula is C8H16BrN3O3S2. The summed E-state index contributed by atoms with van der Waals surface area (Å²) in [5.41, 5.74) is -0.322. The van der Waals surface area contributed by atoms with Crippen molar-refractivity contribution < 1.29 is 13.2 Å². The van der Waals surface area contributed by atoms with E-state index in [1.165, 1.54) is 25.9 Å². The van der Waals surface area contributed by atoms with Gasteiger partial charge in [-0.25, -0.2) is 0 Å². The van der Waals surface area contributed by atoms with Gasteiger partial charge in [-0.1, -0.05) is 11.8 Å². The second kappa shape index (κ2) is 8.09. The number of nitrogens with one attached hydrogen (secondary N) is 1. The van der Waals surface area contributed by atoms with Crippen molar-refractivity contribution in [3.8, 4) is 0 Å². The van der Waals surface area contributed by atoms with E-state index in [0.29, 0.717) is 0 Å². The van der Waals surface area contributed by atoms with Gasteiger partial charge in [-0.2, -0.15) is 17.1 Å². The lowest BCUT2D eigenvalue weighted by molar-refractivity contribution is 0.157. The maximum absolute atomic E-state index is 11.3. The second-order valence-electron chi connectivity index (χ2n) is 2.90. The van der Waals surface area contributed by atoms with Gasteiger partial charge in [-0.05, 0) is 15.9 Å². The normalized spacial score (nSPS) is 14.8. The highest BCUT2D eigenvalue weighted by Gasteiger charge is 2.19. The zero-order valence-electron chi connectivity index (χ0n) is 9.88. The molecule has 0 aliphatic rings. The summed E-state index contributed by atoms with van der Waals surface area (Å²) >= 11 is 4.61. The van der Waals surface area contributed by atoms with Gasteiger partial charge in [-0.3, -0.25) is 0 Å². The van der Waals surface area contributed by atoms with Crippen LogP contribution in [0.5, 0.6) is 0 Å². The average Bonchev–Trinajstić information content (AvgIpc) is 2.33. The van der Waals surface area contributed by atoms with Gasteiger partial charge in [0.15, 0.2) is 0 Å². The SMILES string of the molecule is C=NS(=O)(=O)N(C)CC(OC)S/C=C(/Br)NC. The molecule has 0 aromatic carbocycles. The molecule has 1 N–H and O–H groups in total. The maximum Gasteiger partial charge on any atom is 0.321 e. The monoisotopic (exact) mass is 345 g/mol. The Bertz CT molecular complexity index is 372. The summed E-state index contributed by atoms with van der Waals surface area (Å²) in [6.45, 7) is 3.20. The molecule has 0 fully saturated rings. The fourth-order valence-corrected chi connectivity index (χ4v) is 2.52. The first-order valence-corrected chi connectivity index (χ1v) is 7.66. The molecule has 100 valence electrons. The van der Waals surface area contributed by atoms with Crippen LogP contribution in [0.25, 0.3) is 0 Å². The van der Waals surface area contributed by atoms with Crippen molar-refractivity contribution in [3.63, 3.8) is 0 Å². The first-order valence-electron chi connectivity index (χ1n) is 4.53. The Morgan fingerprint density at radius 3 is 2.76 bits per heavy atom. The van der Waals surface area contributed by atoms with Gasteiger partial charge >= 0.3 is 10.2 Å². The summed E-state index contributed by atoms with van der Waals surface area (Å²) < 4.78 is 32.8. The molecule has 0 radical (unpaired) electrons. The Labute approximate surface area is 115 Å². The van der Waals surface area contributed by atoms with Crippen LogP contribution in [0.15, 0.2) is 14.4 Å². The average molecular weight is 346 g/mol. The van der Waals surface area contributed by atoms with Crippen molar-refractivity contribution in [1.29, 1.82) is 0 Å². The minimum absolute atomic E-state index is 0.184. The highest BCUT2D eigenvalue weighted by Crippen LogP contribution is 2.18. The molecule has 0 aliphatic heterocycles. The van der Waals surface area contributed by atoms with Crippen LogP contribution < -0.4 is 5.32 Å². The summed E-state index contributed by atoms with van der Waals surface area (Å²) in [6.07, 6.45) is 0. The molecule has 0 saturated carbocycles. The lowest BCUT2D eigenvalue weighted by Gasteiger charge is -2.19. The summed E-state index contributed by atoms with van der Waals surface area (Å²) in [5.74, 6) is 0. The number of hydrogen-bond acceptors (Lipinski definition) is 5. The number of methoxy groups -OCH3 is 1. The van der Waals surface area contributed by atoms with Gasteiger partial charge in [0.25, 0.3) is 0 Å². The van der Waals surface area contributed by atoms with E-state index in [0.717, 1.165) is 8.91 Å². The molecule has 0 aromatic rings. The molecule has 0 spiro atoms. The van der Waals surface area contributed by atoms with E-state index >= 15 is 0 Å². The third-order valence-corrected chi connectivity index (χ3v) is 5.00. The van der Waals surface area contributed by atoms with Gasteiger partial charge < -0.3 is 10.1 Å². The number of thioether (sulfide) groups is 1. The number of likely N-dealkylation sites (N-methyl/N-ethyl adjacent to an activating group) is 1. The number of ether oxygens (including phenoxy) is 1. The van der Waals surface area contributed by atoms with Gasteiger partial charge in [-0.15, -0.1) is 0 Å². The lowest BCUT2D eigenvalue weighted by Crippen LogP contribution is -2.32. The number of halogens is 1. The van der Waals surface area contributed by atoms with E-state index in [1.54, 1.807) is 12.5 Å². The molecule has 0 saturated heterocycles. The Kier molecular flexibility index (Phi) is 8.05. The van der Waals surface area contributed by atoms with E-state index in [4.69, 9.17) is 4.74 Å². The first-order chi connectivity index (χ1) is 7.87. The summed E-state index contributed by atoms with van der Waals surface area (Å²) in [6, 6.07) is 0. The van der Waals surface area contributed by atoms with Crippen LogP contribution in [0.1, 0.15) is 0 Å². The summed E-state index contributed by atoms with van der Waals surface area (Å²) in [4.78, 5) is 0. The molecule has 17 heavy (non-hydrogen) atoms. The molecule has 9 heteroatoms. The van der Waals surface area contributed by atoms with Crippen LogP contribution in [-0.4, -0.2) is 52.6 Å². The Balaban J connectivity index is 4.47. The molecule has 0 amide bonds. The van der Waals surface area contributed by atoms with Crippen LogP contribution in [-0.2, 0) is 14.9 Å². The molecule has 0 bridgehead atoms. The maximum atomic E-state index is 11.3. The lowest BCUT2D eigenvalue weighted by atomic mass is 10.7. The van der Waals surface area contributed by atoms with Crippen LogP contribution in [0.3, 0.4) is 0 Å². The van der Waals surface area contributed by atoms with Crippen molar-refractivity contribution >= 4 is 44.6 Å². The zero-order chi connectivity index (χ0) is 13.5. The van der Waals surface area contributed by atoms with Gasteiger partial charge in [0.1, 0.15) is 5.44 Å². The Hall–Kier alpha value is -0.0900. The van der Waals surface area contributed by atoms with Crippen LogP contribution in [0.2, 0.25) is 0 Å². The van der Waals surface area contributed by atoms with Gasteiger partial charge in [0.2, 0.25) is 0 Å². The molecule has 0 aliphatic carbocycles. The van der Waals surface area contributed by atoms with Crippen molar-refractivity contribution in [2.75, 3.05) is 27.7 Å². The molecule has 6 nitrogen and oxygen atoms in total. The van der Waals surface area contributed by atoms with E-state index in [1.807, 2.05) is 0 Å². The minimum Gasteiger partial charge on any atom is -0.382 e. The number of rotatable bonds is 8. The molecule has 0 rings (SSSR count). The summed E-state index contributed by atoms with van der Waals surface area (Å²) in [7, 11) is 1.06. The fraction of sp³-hybridized carbons (Fsp3) is 0.625. The predicted molar refractivity (Wildman–Crippen MR) is 75.6 cm³/mol.